The van der Waals surface area contributed by atoms with Crippen LogP contribution in [0.4, 0.5) is 8.78 Å². The molecule has 176 valence electrons. The molecule has 0 bridgehead atoms. The molecular formula is C25H21ClF2N2O4. The Morgan fingerprint density at radius 1 is 1.12 bits per heavy atom. The van der Waals surface area contributed by atoms with Gasteiger partial charge >= 0.3 is 0 Å². The molecule has 0 spiro atoms. The van der Waals surface area contributed by atoms with Gasteiger partial charge in [-0.1, -0.05) is 11.6 Å². The fourth-order valence-electron chi connectivity index (χ4n) is 3.76. The summed E-state index contributed by atoms with van der Waals surface area (Å²) in [7, 11) is 0. The van der Waals surface area contributed by atoms with Crippen LogP contribution in [0.5, 0.6) is 0 Å². The van der Waals surface area contributed by atoms with E-state index in [1.165, 1.54) is 35.9 Å². The Hall–Kier alpha value is -3.33. The van der Waals surface area contributed by atoms with Crippen molar-refractivity contribution in [2.75, 3.05) is 6.61 Å². The van der Waals surface area contributed by atoms with E-state index in [9.17, 15) is 23.8 Å². The zero-order valence-electron chi connectivity index (χ0n) is 18.6. The summed E-state index contributed by atoms with van der Waals surface area (Å²) in [6, 6.07) is 9.23. The topological polar surface area (TPSA) is 88.5 Å². The van der Waals surface area contributed by atoms with E-state index in [-0.39, 0.29) is 28.5 Å². The first kappa shape index (κ1) is 23.8. The summed E-state index contributed by atoms with van der Waals surface area (Å²) >= 11 is 6.13. The molecule has 4 aromatic rings. The summed E-state index contributed by atoms with van der Waals surface area (Å²) in [6.07, 6.45) is 1.51. The minimum absolute atomic E-state index is 0.0176. The van der Waals surface area contributed by atoms with Crippen molar-refractivity contribution < 1.29 is 23.4 Å². The molecule has 0 radical (unpaired) electrons. The van der Waals surface area contributed by atoms with Crippen molar-refractivity contribution in [1.29, 1.82) is 0 Å². The number of nitrogens with zero attached hydrogens (tertiary/aromatic N) is 2. The lowest BCUT2D eigenvalue weighted by Gasteiger charge is -2.15. The van der Waals surface area contributed by atoms with Crippen LogP contribution < -0.4 is 5.56 Å². The SMILES string of the molecule is Cc1cc(Cl)cc(C)c1-n1cc(-c2oc([C@@](C)(O)CO)nc2-c2ccc(F)cc2F)ccc1=O. The van der Waals surface area contributed by atoms with Gasteiger partial charge in [0, 0.05) is 34.5 Å². The molecule has 0 saturated heterocycles. The van der Waals surface area contributed by atoms with Crippen LogP contribution in [0, 0.1) is 25.5 Å². The second-order valence-electron chi connectivity index (χ2n) is 8.27. The number of hydrogen-bond acceptors (Lipinski definition) is 5. The van der Waals surface area contributed by atoms with E-state index in [1.54, 1.807) is 12.1 Å². The third kappa shape index (κ3) is 4.27. The van der Waals surface area contributed by atoms with Crippen LogP contribution in [0.3, 0.4) is 0 Å². The molecule has 0 aliphatic carbocycles. The van der Waals surface area contributed by atoms with Gasteiger partial charge in [0.05, 0.1) is 12.3 Å². The van der Waals surface area contributed by atoms with Crippen molar-refractivity contribution in [3.05, 3.63) is 92.7 Å². The van der Waals surface area contributed by atoms with Crippen LogP contribution in [-0.2, 0) is 5.60 Å². The van der Waals surface area contributed by atoms with Crippen LogP contribution in [0.15, 0.2) is 57.9 Å². The summed E-state index contributed by atoms with van der Waals surface area (Å²) < 4.78 is 35.4. The van der Waals surface area contributed by atoms with E-state index in [4.69, 9.17) is 16.0 Å². The highest BCUT2D eigenvalue weighted by molar-refractivity contribution is 6.30. The van der Waals surface area contributed by atoms with Gasteiger partial charge in [0.2, 0.25) is 5.89 Å². The number of aliphatic hydroxyl groups is 2. The number of aliphatic hydroxyl groups excluding tert-OH is 1. The summed E-state index contributed by atoms with van der Waals surface area (Å²) in [5, 5.41) is 20.6. The van der Waals surface area contributed by atoms with E-state index in [0.717, 1.165) is 17.2 Å². The van der Waals surface area contributed by atoms with Crippen molar-refractivity contribution in [2.24, 2.45) is 0 Å². The second-order valence-corrected chi connectivity index (χ2v) is 8.70. The first-order valence-corrected chi connectivity index (χ1v) is 10.7. The zero-order chi connectivity index (χ0) is 24.8. The van der Waals surface area contributed by atoms with Gasteiger partial charge in [-0.05, 0) is 62.2 Å². The molecule has 0 amide bonds. The van der Waals surface area contributed by atoms with Crippen LogP contribution in [-0.4, -0.2) is 26.4 Å². The van der Waals surface area contributed by atoms with E-state index in [1.807, 2.05) is 13.8 Å². The van der Waals surface area contributed by atoms with Crippen molar-refractivity contribution in [3.8, 4) is 28.3 Å². The highest BCUT2D eigenvalue weighted by Gasteiger charge is 2.32. The lowest BCUT2D eigenvalue weighted by atomic mass is 10.1. The van der Waals surface area contributed by atoms with Gasteiger partial charge in [-0.25, -0.2) is 13.8 Å². The van der Waals surface area contributed by atoms with Gasteiger partial charge in [-0.2, -0.15) is 0 Å². The van der Waals surface area contributed by atoms with E-state index >= 15 is 0 Å². The molecule has 2 N–H and O–H groups in total. The number of aryl methyl sites for hydroxylation is 2. The second kappa shape index (κ2) is 8.79. The van der Waals surface area contributed by atoms with Crippen LogP contribution in [0.2, 0.25) is 5.02 Å². The van der Waals surface area contributed by atoms with Gasteiger partial charge in [0.1, 0.15) is 17.3 Å². The molecule has 6 nitrogen and oxygen atoms in total. The van der Waals surface area contributed by atoms with E-state index in [2.05, 4.69) is 4.98 Å². The molecule has 4 rings (SSSR count). The molecule has 0 aliphatic heterocycles. The maximum Gasteiger partial charge on any atom is 0.255 e. The molecule has 9 heteroatoms. The molecule has 2 aromatic carbocycles. The van der Waals surface area contributed by atoms with Crippen molar-refractivity contribution in [3.63, 3.8) is 0 Å². The normalized spacial score (nSPS) is 13.2. The summed E-state index contributed by atoms with van der Waals surface area (Å²) in [4.78, 5) is 17.0. The Morgan fingerprint density at radius 3 is 2.41 bits per heavy atom. The van der Waals surface area contributed by atoms with Crippen LogP contribution >= 0.6 is 11.6 Å². The molecular weight excluding hydrogens is 466 g/mol. The molecule has 0 unspecified atom stereocenters. The van der Waals surface area contributed by atoms with E-state index < -0.39 is 23.8 Å². The molecule has 2 aromatic heterocycles. The summed E-state index contributed by atoms with van der Waals surface area (Å²) in [6.45, 7) is 4.21. The van der Waals surface area contributed by atoms with Gasteiger partial charge in [-0.3, -0.25) is 9.36 Å². The van der Waals surface area contributed by atoms with Gasteiger partial charge in [0.25, 0.3) is 5.56 Å². The zero-order valence-corrected chi connectivity index (χ0v) is 19.3. The van der Waals surface area contributed by atoms with Gasteiger partial charge < -0.3 is 14.6 Å². The smallest absolute Gasteiger partial charge is 0.255 e. The van der Waals surface area contributed by atoms with Crippen molar-refractivity contribution in [2.45, 2.75) is 26.4 Å². The van der Waals surface area contributed by atoms with Crippen molar-refractivity contribution in [1.82, 2.24) is 9.55 Å². The Labute approximate surface area is 198 Å². The molecule has 0 fully saturated rings. The first-order chi connectivity index (χ1) is 16.0. The Morgan fingerprint density at radius 2 is 1.79 bits per heavy atom. The highest BCUT2D eigenvalue weighted by Crippen LogP contribution is 2.37. The molecule has 0 saturated carbocycles. The number of hydrogen-bond donors (Lipinski definition) is 2. The fourth-order valence-corrected chi connectivity index (χ4v) is 4.08. The molecule has 34 heavy (non-hydrogen) atoms. The minimum Gasteiger partial charge on any atom is -0.437 e. The van der Waals surface area contributed by atoms with Gasteiger partial charge in [0.15, 0.2) is 11.4 Å². The van der Waals surface area contributed by atoms with Crippen LogP contribution in [0.1, 0.15) is 23.9 Å². The Kier molecular flexibility index (Phi) is 6.16. The maximum atomic E-state index is 14.7. The Balaban J connectivity index is 1.98. The first-order valence-electron chi connectivity index (χ1n) is 10.3. The van der Waals surface area contributed by atoms with Crippen molar-refractivity contribution >= 4 is 11.6 Å². The predicted molar refractivity (Wildman–Crippen MR) is 124 cm³/mol. The molecule has 1 atom stereocenters. The van der Waals surface area contributed by atoms with Gasteiger partial charge in [-0.15, -0.1) is 0 Å². The largest absolute Gasteiger partial charge is 0.437 e. The Bertz CT molecular complexity index is 1440. The quantitative estimate of drug-likeness (QED) is 0.418. The summed E-state index contributed by atoms with van der Waals surface area (Å²) in [5.74, 6) is -1.88. The number of benzene rings is 2. The third-order valence-corrected chi connectivity index (χ3v) is 5.67. The predicted octanol–water partition coefficient (Wildman–Crippen LogP) is 4.91. The number of aromatic nitrogens is 2. The lowest BCUT2D eigenvalue weighted by Crippen LogP contribution is -2.26. The average molecular weight is 487 g/mol. The highest BCUT2D eigenvalue weighted by atomic mass is 35.5. The standard InChI is InChI=1S/C25H21ClF2N2O4/c1-13-8-16(26)9-14(2)22(13)30-11-15(4-7-20(30)32)23-21(18-6-5-17(27)10-19(18)28)29-24(34-23)25(3,33)12-31/h4-11,31,33H,12H2,1-3H3/t25-/m0/s1. The monoisotopic (exact) mass is 486 g/mol. The maximum absolute atomic E-state index is 14.7. The number of halogens is 3. The number of rotatable bonds is 5. The fraction of sp³-hybridized carbons (Fsp3) is 0.200. The van der Waals surface area contributed by atoms with E-state index in [0.29, 0.717) is 22.3 Å². The molecule has 0 aliphatic rings. The third-order valence-electron chi connectivity index (χ3n) is 5.45. The number of oxazole rings is 1. The average Bonchev–Trinajstić information content (AvgIpc) is 3.20. The number of pyridine rings is 1. The minimum atomic E-state index is -1.86. The lowest BCUT2D eigenvalue weighted by molar-refractivity contribution is -0.0234. The summed E-state index contributed by atoms with van der Waals surface area (Å²) in [5.41, 5.74) is 0.210. The van der Waals surface area contributed by atoms with Crippen LogP contribution in [0.25, 0.3) is 28.3 Å². The molecule has 2 heterocycles.